The maximum atomic E-state index is 10.4. The molecule has 16 heavy (non-hydrogen) atoms. The molecule has 0 N–H and O–H groups in total. The molecule has 0 unspecified atom stereocenters. The Morgan fingerprint density at radius 3 is 1.56 bits per heavy atom. The van der Waals surface area contributed by atoms with Crippen LogP contribution in [0.15, 0.2) is 22.8 Å². The number of nitrogens with zero attached hydrogens (tertiary/aromatic N) is 4. The fourth-order valence-electron chi connectivity index (χ4n) is 1.56. The van der Waals surface area contributed by atoms with Crippen LogP contribution >= 0.6 is 0 Å². The normalized spacial score (nSPS) is 12.6. The van der Waals surface area contributed by atoms with Crippen LogP contribution in [0.1, 0.15) is 41.5 Å². The summed E-state index contributed by atoms with van der Waals surface area (Å²) in [7, 11) is 0. The van der Waals surface area contributed by atoms with Gasteiger partial charge in [0, 0.05) is 23.5 Å². The summed E-state index contributed by atoms with van der Waals surface area (Å²) in [6.45, 7) is 12.4. The Morgan fingerprint density at radius 1 is 0.938 bits per heavy atom. The van der Waals surface area contributed by atoms with E-state index in [1.807, 2.05) is 21.5 Å². The first-order chi connectivity index (χ1) is 7.18. The molecule has 0 spiro atoms. The van der Waals surface area contributed by atoms with Gasteiger partial charge in [-0.15, -0.1) is 4.91 Å². The first kappa shape index (κ1) is 12.7. The van der Waals surface area contributed by atoms with Crippen molar-refractivity contribution in [2.24, 2.45) is 10.4 Å². The quantitative estimate of drug-likeness (QED) is 0.533. The molecule has 0 aliphatic carbocycles. The maximum absolute atomic E-state index is 10.4. The van der Waals surface area contributed by atoms with E-state index in [1.165, 1.54) is 0 Å². The van der Waals surface area contributed by atoms with Crippen molar-refractivity contribution >= 4 is 0 Å². The number of hydrogen-bond acceptors (Lipinski definition) is 2. The SMILES string of the molecule is CC(C)(C)n1ccn(C(C)(C)C)c1=NN=O. The van der Waals surface area contributed by atoms with E-state index >= 15 is 0 Å². The molecule has 0 aromatic carbocycles. The highest BCUT2D eigenvalue weighted by Crippen LogP contribution is 2.15. The minimum absolute atomic E-state index is 0.125. The minimum Gasteiger partial charge on any atom is -0.310 e. The van der Waals surface area contributed by atoms with Crippen molar-refractivity contribution < 1.29 is 0 Å². The molecule has 5 heteroatoms. The molecule has 0 saturated carbocycles. The van der Waals surface area contributed by atoms with E-state index in [4.69, 9.17) is 0 Å². The fraction of sp³-hybridized carbons (Fsp3) is 0.727. The minimum atomic E-state index is -0.125. The summed E-state index contributed by atoms with van der Waals surface area (Å²) in [6.07, 6.45) is 3.85. The highest BCUT2D eigenvalue weighted by atomic mass is 16.3. The van der Waals surface area contributed by atoms with Crippen molar-refractivity contribution in [3.63, 3.8) is 0 Å². The Bertz CT molecular complexity index is 405. The molecule has 5 nitrogen and oxygen atoms in total. The second-order valence-corrected chi connectivity index (χ2v) is 5.86. The van der Waals surface area contributed by atoms with Crippen LogP contribution in [-0.4, -0.2) is 9.13 Å². The summed E-state index contributed by atoms with van der Waals surface area (Å²) in [4.78, 5) is 10.4. The van der Waals surface area contributed by atoms with Gasteiger partial charge in [-0.2, -0.15) is 0 Å². The van der Waals surface area contributed by atoms with Crippen LogP contribution in [0.25, 0.3) is 0 Å². The molecule has 0 saturated heterocycles. The molecule has 1 heterocycles. The lowest BCUT2D eigenvalue weighted by atomic mass is 10.1. The summed E-state index contributed by atoms with van der Waals surface area (Å²) in [5.41, 5.74) is 0.329. The zero-order valence-electron chi connectivity index (χ0n) is 10.9. The Morgan fingerprint density at radius 2 is 1.31 bits per heavy atom. The zero-order chi connectivity index (χ0) is 12.6. The summed E-state index contributed by atoms with van der Waals surface area (Å²) >= 11 is 0. The van der Waals surface area contributed by atoms with Gasteiger partial charge in [0.15, 0.2) is 0 Å². The maximum Gasteiger partial charge on any atom is 0.234 e. The van der Waals surface area contributed by atoms with Gasteiger partial charge in [-0.05, 0) is 41.5 Å². The average molecular weight is 224 g/mol. The van der Waals surface area contributed by atoms with Gasteiger partial charge < -0.3 is 9.13 Å². The molecule has 0 atom stereocenters. The third kappa shape index (κ3) is 2.40. The zero-order valence-corrected chi connectivity index (χ0v) is 10.9. The average Bonchev–Trinajstić information content (AvgIpc) is 2.46. The van der Waals surface area contributed by atoms with Gasteiger partial charge in [-0.25, -0.2) is 0 Å². The molecule has 90 valence electrons. The van der Waals surface area contributed by atoms with Crippen molar-refractivity contribution in [1.82, 2.24) is 9.13 Å². The molecular formula is C11H20N4O. The Balaban J connectivity index is 3.54. The van der Waals surface area contributed by atoms with Crippen molar-refractivity contribution in [2.75, 3.05) is 0 Å². The molecular weight excluding hydrogens is 204 g/mol. The van der Waals surface area contributed by atoms with E-state index in [2.05, 4.69) is 51.9 Å². The number of imidazole rings is 1. The monoisotopic (exact) mass is 224 g/mol. The molecule has 0 radical (unpaired) electrons. The largest absolute Gasteiger partial charge is 0.310 e. The molecule has 0 aliphatic rings. The van der Waals surface area contributed by atoms with E-state index in [0.717, 1.165) is 0 Å². The molecule has 1 rings (SSSR count). The van der Waals surface area contributed by atoms with Crippen LogP contribution in [0, 0.1) is 4.91 Å². The van der Waals surface area contributed by atoms with Gasteiger partial charge >= 0.3 is 0 Å². The molecule has 0 fully saturated rings. The summed E-state index contributed by atoms with van der Waals surface area (Å²) in [6, 6.07) is 0. The lowest BCUT2D eigenvalue weighted by Gasteiger charge is -2.24. The first-order valence-corrected chi connectivity index (χ1v) is 5.35. The Kier molecular flexibility index (Phi) is 3.08. The van der Waals surface area contributed by atoms with Gasteiger partial charge in [-0.1, -0.05) is 5.10 Å². The van der Waals surface area contributed by atoms with Crippen LogP contribution in [0.3, 0.4) is 0 Å². The second-order valence-electron chi connectivity index (χ2n) is 5.86. The molecule has 1 aromatic rings. The molecule has 0 bridgehead atoms. The Labute approximate surface area is 95.8 Å². The number of hydrogen-bond donors (Lipinski definition) is 0. The predicted molar refractivity (Wildman–Crippen MR) is 63.8 cm³/mol. The van der Waals surface area contributed by atoms with Gasteiger partial charge in [0.1, 0.15) is 0 Å². The highest BCUT2D eigenvalue weighted by Gasteiger charge is 2.21. The standard InChI is InChI=1S/C11H20N4O/c1-10(2,3)14-7-8-15(11(4,5)6)9(14)12-13-16/h7-8H,1-6H3. The smallest absolute Gasteiger partial charge is 0.234 e. The van der Waals surface area contributed by atoms with E-state index < -0.39 is 0 Å². The van der Waals surface area contributed by atoms with E-state index in [-0.39, 0.29) is 11.1 Å². The van der Waals surface area contributed by atoms with Crippen LogP contribution < -0.4 is 5.62 Å². The van der Waals surface area contributed by atoms with Crippen LogP contribution in [0.2, 0.25) is 0 Å². The third-order valence-electron chi connectivity index (χ3n) is 2.37. The van der Waals surface area contributed by atoms with Crippen LogP contribution in [-0.2, 0) is 11.1 Å². The van der Waals surface area contributed by atoms with Crippen LogP contribution in [0.4, 0.5) is 0 Å². The lowest BCUT2D eigenvalue weighted by molar-refractivity contribution is 0.334. The third-order valence-corrected chi connectivity index (χ3v) is 2.37. The number of rotatable bonds is 1. The van der Waals surface area contributed by atoms with E-state index in [0.29, 0.717) is 5.62 Å². The van der Waals surface area contributed by atoms with Crippen molar-refractivity contribution in [2.45, 2.75) is 52.6 Å². The van der Waals surface area contributed by atoms with Gasteiger partial charge in [-0.3, -0.25) is 0 Å². The topological polar surface area (TPSA) is 51.6 Å². The predicted octanol–water partition coefficient (Wildman–Crippen LogP) is 2.38. The summed E-state index contributed by atoms with van der Waals surface area (Å²) in [5, 5.41) is 6.35. The molecule has 0 amide bonds. The van der Waals surface area contributed by atoms with E-state index in [9.17, 15) is 4.91 Å². The van der Waals surface area contributed by atoms with Crippen molar-refractivity contribution in [1.29, 1.82) is 0 Å². The van der Waals surface area contributed by atoms with Gasteiger partial charge in [0.25, 0.3) is 0 Å². The van der Waals surface area contributed by atoms with E-state index in [1.54, 1.807) is 0 Å². The number of nitroso groups, excluding NO2 is 1. The van der Waals surface area contributed by atoms with Crippen molar-refractivity contribution in [3.8, 4) is 0 Å². The highest BCUT2D eigenvalue weighted by molar-refractivity contribution is 4.91. The van der Waals surface area contributed by atoms with Gasteiger partial charge in [0.05, 0.1) is 5.29 Å². The summed E-state index contributed by atoms with van der Waals surface area (Å²) in [5.74, 6) is 0. The van der Waals surface area contributed by atoms with Crippen LogP contribution in [0.5, 0.6) is 0 Å². The first-order valence-electron chi connectivity index (χ1n) is 5.35. The van der Waals surface area contributed by atoms with Gasteiger partial charge in [0.2, 0.25) is 5.62 Å². The fourth-order valence-corrected chi connectivity index (χ4v) is 1.56. The summed E-state index contributed by atoms with van der Waals surface area (Å²) < 4.78 is 3.89. The Hall–Kier alpha value is -1.39. The lowest BCUT2D eigenvalue weighted by Crippen LogP contribution is -2.40. The van der Waals surface area contributed by atoms with Crippen molar-refractivity contribution in [3.05, 3.63) is 22.9 Å². The number of aromatic nitrogens is 2. The molecule has 0 aliphatic heterocycles. The second kappa shape index (κ2) is 3.88. The molecule has 1 aromatic heterocycles.